The van der Waals surface area contributed by atoms with Crippen molar-refractivity contribution >= 4 is 15.7 Å². The molecular weight excluding hydrogens is 272 g/mol. The lowest BCUT2D eigenvalue weighted by Crippen LogP contribution is -2.45. The molecule has 0 bridgehead atoms. The molecule has 112 valence electrons. The SMILES string of the molecule is Cc1cc(S(=O)(=O)N2CCCC(C)C2C)cc(N)c1C. The maximum atomic E-state index is 12.8. The van der Waals surface area contributed by atoms with Crippen LogP contribution in [0, 0.1) is 19.8 Å². The number of aryl methyl sites for hydroxylation is 1. The van der Waals surface area contributed by atoms with Crippen LogP contribution in [0.1, 0.15) is 37.8 Å². The van der Waals surface area contributed by atoms with Crippen LogP contribution in [-0.4, -0.2) is 25.3 Å². The van der Waals surface area contributed by atoms with Crippen LogP contribution < -0.4 is 5.73 Å². The smallest absolute Gasteiger partial charge is 0.243 e. The number of anilines is 1. The Morgan fingerprint density at radius 1 is 1.25 bits per heavy atom. The first-order valence-electron chi connectivity index (χ1n) is 7.13. The summed E-state index contributed by atoms with van der Waals surface area (Å²) in [6, 6.07) is 3.35. The first-order valence-corrected chi connectivity index (χ1v) is 8.57. The van der Waals surface area contributed by atoms with Gasteiger partial charge in [-0.25, -0.2) is 8.42 Å². The van der Waals surface area contributed by atoms with Gasteiger partial charge in [-0.15, -0.1) is 0 Å². The molecule has 0 radical (unpaired) electrons. The van der Waals surface area contributed by atoms with E-state index < -0.39 is 10.0 Å². The van der Waals surface area contributed by atoms with Crippen LogP contribution >= 0.6 is 0 Å². The molecule has 5 heteroatoms. The van der Waals surface area contributed by atoms with E-state index in [9.17, 15) is 8.42 Å². The number of benzene rings is 1. The summed E-state index contributed by atoms with van der Waals surface area (Å²) in [6.45, 7) is 8.51. The van der Waals surface area contributed by atoms with Crippen molar-refractivity contribution in [3.63, 3.8) is 0 Å². The predicted molar refractivity (Wildman–Crippen MR) is 82.1 cm³/mol. The van der Waals surface area contributed by atoms with E-state index in [1.54, 1.807) is 16.4 Å². The van der Waals surface area contributed by atoms with Gasteiger partial charge in [0.25, 0.3) is 0 Å². The fourth-order valence-corrected chi connectivity index (χ4v) is 4.66. The van der Waals surface area contributed by atoms with Gasteiger partial charge in [-0.05, 0) is 62.8 Å². The summed E-state index contributed by atoms with van der Waals surface area (Å²) >= 11 is 0. The minimum Gasteiger partial charge on any atom is -0.398 e. The number of piperidine rings is 1. The lowest BCUT2D eigenvalue weighted by Gasteiger charge is -2.36. The molecule has 0 saturated carbocycles. The molecule has 1 fully saturated rings. The number of sulfonamides is 1. The van der Waals surface area contributed by atoms with Crippen molar-refractivity contribution in [2.75, 3.05) is 12.3 Å². The molecule has 2 N–H and O–H groups in total. The second kappa shape index (κ2) is 5.37. The standard InChI is InChI=1S/C15H24N2O2S/c1-10-6-5-7-17(13(10)4)20(18,19)14-8-11(2)12(3)15(16)9-14/h8-10,13H,5-7,16H2,1-4H3. The van der Waals surface area contributed by atoms with Gasteiger partial charge in [-0.2, -0.15) is 4.31 Å². The zero-order valence-corrected chi connectivity index (χ0v) is 13.5. The Morgan fingerprint density at radius 2 is 1.90 bits per heavy atom. The third kappa shape index (κ3) is 2.56. The number of rotatable bonds is 2. The van der Waals surface area contributed by atoms with Crippen molar-refractivity contribution in [1.29, 1.82) is 0 Å². The minimum atomic E-state index is -3.45. The van der Waals surface area contributed by atoms with E-state index in [0.29, 0.717) is 23.0 Å². The van der Waals surface area contributed by atoms with Crippen LogP contribution in [0.25, 0.3) is 0 Å². The van der Waals surface area contributed by atoms with Gasteiger partial charge in [-0.1, -0.05) is 6.92 Å². The minimum absolute atomic E-state index is 0.0385. The highest BCUT2D eigenvalue weighted by molar-refractivity contribution is 7.89. The molecule has 1 heterocycles. The molecule has 20 heavy (non-hydrogen) atoms. The van der Waals surface area contributed by atoms with E-state index in [2.05, 4.69) is 6.92 Å². The Morgan fingerprint density at radius 3 is 2.50 bits per heavy atom. The molecule has 0 aliphatic carbocycles. The van der Waals surface area contributed by atoms with Crippen molar-refractivity contribution < 1.29 is 8.42 Å². The maximum Gasteiger partial charge on any atom is 0.243 e. The second-order valence-corrected chi connectivity index (χ2v) is 7.82. The van der Waals surface area contributed by atoms with Crippen LogP contribution in [0.15, 0.2) is 17.0 Å². The summed E-state index contributed by atoms with van der Waals surface area (Å²) in [5, 5.41) is 0. The topological polar surface area (TPSA) is 63.4 Å². The normalized spacial score (nSPS) is 24.8. The highest BCUT2D eigenvalue weighted by atomic mass is 32.2. The fourth-order valence-electron chi connectivity index (χ4n) is 2.77. The zero-order valence-electron chi connectivity index (χ0n) is 12.7. The Labute approximate surface area is 122 Å². The molecule has 2 atom stereocenters. The summed E-state index contributed by atoms with van der Waals surface area (Å²) < 4.78 is 27.3. The molecule has 2 unspecified atom stereocenters. The van der Waals surface area contributed by atoms with Crippen molar-refractivity contribution in [1.82, 2.24) is 4.31 Å². The van der Waals surface area contributed by atoms with Crippen LogP contribution in [0.3, 0.4) is 0 Å². The Hall–Kier alpha value is -1.07. The van der Waals surface area contributed by atoms with Gasteiger partial charge in [0, 0.05) is 18.3 Å². The van der Waals surface area contributed by atoms with Gasteiger partial charge in [0.15, 0.2) is 0 Å². The zero-order chi connectivity index (χ0) is 15.1. The number of nitrogens with two attached hydrogens (primary N) is 1. The molecule has 1 aliphatic heterocycles. The summed E-state index contributed by atoms with van der Waals surface area (Å²) in [5.74, 6) is 0.391. The Balaban J connectivity index is 2.45. The van der Waals surface area contributed by atoms with Crippen molar-refractivity contribution in [3.8, 4) is 0 Å². The van der Waals surface area contributed by atoms with Gasteiger partial charge < -0.3 is 5.73 Å². The summed E-state index contributed by atoms with van der Waals surface area (Å²) in [6.07, 6.45) is 2.01. The average Bonchev–Trinajstić information content (AvgIpc) is 2.38. The molecule has 2 rings (SSSR count). The Kier molecular flexibility index (Phi) is 4.12. The maximum absolute atomic E-state index is 12.8. The van der Waals surface area contributed by atoms with E-state index in [1.807, 2.05) is 20.8 Å². The largest absolute Gasteiger partial charge is 0.398 e. The van der Waals surface area contributed by atoms with Gasteiger partial charge in [0.2, 0.25) is 10.0 Å². The number of hydrogen-bond donors (Lipinski definition) is 1. The molecule has 0 aromatic heterocycles. The van der Waals surface area contributed by atoms with Gasteiger partial charge >= 0.3 is 0 Å². The third-order valence-corrected chi connectivity index (χ3v) is 6.57. The van der Waals surface area contributed by atoms with E-state index in [-0.39, 0.29) is 6.04 Å². The average molecular weight is 296 g/mol. The number of nitrogens with zero attached hydrogens (tertiary/aromatic N) is 1. The van der Waals surface area contributed by atoms with Gasteiger partial charge in [0.05, 0.1) is 4.90 Å². The monoisotopic (exact) mass is 296 g/mol. The summed E-state index contributed by atoms with van der Waals surface area (Å²) in [7, 11) is -3.45. The van der Waals surface area contributed by atoms with Crippen LogP contribution in [0.5, 0.6) is 0 Å². The Bertz CT molecular complexity index is 587. The third-order valence-electron chi connectivity index (χ3n) is 4.60. The molecular formula is C15H24N2O2S. The molecule has 1 aromatic carbocycles. The first-order chi connectivity index (χ1) is 9.25. The van der Waals surface area contributed by atoms with E-state index in [1.165, 1.54) is 0 Å². The lowest BCUT2D eigenvalue weighted by atomic mass is 9.94. The van der Waals surface area contributed by atoms with E-state index >= 15 is 0 Å². The molecule has 1 aromatic rings. The van der Waals surface area contributed by atoms with Crippen LogP contribution in [0.4, 0.5) is 5.69 Å². The lowest BCUT2D eigenvalue weighted by molar-refractivity contribution is 0.202. The number of nitrogen functional groups attached to an aromatic ring is 1. The molecule has 1 aliphatic rings. The molecule has 1 saturated heterocycles. The quantitative estimate of drug-likeness (QED) is 0.853. The summed E-state index contributed by atoms with van der Waals surface area (Å²) in [5.41, 5.74) is 8.34. The molecule has 4 nitrogen and oxygen atoms in total. The molecule has 0 amide bonds. The van der Waals surface area contributed by atoms with E-state index in [4.69, 9.17) is 5.73 Å². The predicted octanol–water partition coefficient (Wildman–Crippen LogP) is 2.69. The van der Waals surface area contributed by atoms with E-state index in [0.717, 1.165) is 24.0 Å². The molecule has 0 spiro atoms. The number of hydrogen-bond acceptors (Lipinski definition) is 3. The van der Waals surface area contributed by atoms with Crippen molar-refractivity contribution in [3.05, 3.63) is 23.3 Å². The second-order valence-electron chi connectivity index (χ2n) is 5.93. The highest BCUT2D eigenvalue weighted by Crippen LogP contribution is 2.30. The first kappa shape index (κ1) is 15.3. The van der Waals surface area contributed by atoms with Crippen molar-refractivity contribution in [2.45, 2.75) is 51.5 Å². The van der Waals surface area contributed by atoms with Crippen LogP contribution in [0.2, 0.25) is 0 Å². The highest BCUT2D eigenvalue weighted by Gasteiger charge is 2.34. The van der Waals surface area contributed by atoms with Gasteiger partial charge in [-0.3, -0.25) is 0 Å². The van der Waals surface area contributed by atoms with Crippen molar-refractivity contribution in [2.24, 2.45) is 5.92 Å². The van der Waals surface area contributed by atoms with Gasteiger partial charge in [0.1, 0.15) is 0 Å². The van der Waals surface area contributed by atoms with Crippen LogP contribution in [-0.2, 0) is 10.0 Å². The summed E-state index contributed by atoms with van der Waals surface area (Å²) in [4.78, 5) is 0.319. The fraction of sp³-hybridized carbons (Fsp3) is 0.600.